The standard InChI is InChI=1S/C8H10BF3N/c1-13-6-7-4-2-3-5-8(7)9(10,11)12/h2-5,13H,6H2,1H3/q-1. The maximum atomic E-state index is 12.4. The summed E-state index contributed by atoms with van der Waals surface area (Å²) in [6.45, 7) is -4.64. The number of rotatable bonds is 3. The number of halogens is 3. The van der Waals surface area contributed by atoms with Gasteiger partial charge >= 0.3 is 6.98 Å². The molecule has 0 aliphatic heterocycles. The van der Waals surface area contributed by atoms with Crippen LogP contribution in [-0.2, 0) is 6.54 Å². The van der Waals surface area contributed by atoms with Gasteiger partial charge in [-0.1, -0.05) is 29.8 Å². The molecule has 72 valence electrons. The van der Waals surface area contributed by atoms with Crippen LogP contribution in [0.4, 0.5) is 12.9 Å². The molecule has 0 saturated carbocycles. The van der Waals surface area contributed by atoms with Gasteiger partial charge in [-0.25, -0.2) is 0 Å². The Kier molecular flexibility index (Phi) is 2.98. The van der Waals surface area contributed by atoms with Crippen molar-refractivity contribution >= 4 is 12.4 Å². The van der Waals surface area contributed by atoms with E-state index in [1.54, 1.807) is 13.1 Å². The van der Waals surface area contributed by atoms with Crippen molar-refractivity contribution in [2.75, 3.05) is 7.05 Å². The molecule has 0 aliphatic carbocycles. The van der Waals surface area contributed by atoms with E-state index in [1.165, 1.54) is 12.1 Å². The zero-order chi connectivity index (χ0) is 9.90. The van der Waals surface area contributed by atoms with E-state index >= 15 is 0 Å². The molecule has 0 radical (unpaired) electrons. The summed E-state index contributed by atoms with van der Waals surface area (Å²) in [7, 11) is 1.63. The minimum Gasteiger partial charge on any atom is -0.445 e. The van der Waals surface area contributed by atoms with Crippen molar-refractivity contribution in [3.8, 4) is 0 Å². The lowest BCUT2D eigenvalue weighted by molar-refractivity contribution is 0.500. The molecular formula is C8H10BF3N-. The Bertz CT molecular complexity index is 285. The lowest BCUT2D eigenvalue weighted by Gasteiger charge is -2.19. The molecule has 5 heteroatoms. The van der Waals surface area contributed by atoms with E-state index in [9.17, 15) is 12.9 Å². The summed E-state index contributed by atoms with van der Waals surface area (Å²) in [6, 6.07) is 5.62. The first-order valence-corrected chi connectivity index (χ1v) is 3.98. The number of hydrogen-bond donors (Lipinski definition) is 1. The normalized spacial score (nSPS) is 11.7. The number of nitrogens with one attached hydrogen (secondary N) is 1. The molecule has 1 N–H and O–H groups in total. The highest BCUT2D eigenvalue weighted by Gasteiger charge is 2.27. The Hall–Kier alpha value is -0.965. The second kappa shape index (κ2) is 3.83. The maximum absolute atomic E-state index is 12.4. The summed E-state index contributed by atoms with van der Waals surface area (Å²) in [5, 5.41) is 2.71. The van der Waals surface area contributed by atoms with Gasteiger partial charge in [0.1, 0.15) is 0 Å². The van der Waals surface area contributed by atoms with Crippen LogP contribution in [0.3, 0.4) is 0 Å². The molecule has 0 bridgehead atoms. The van der Waals surface area contributed by atoms with Crippen LogP contribution in [0.25, 0.3) is 0 Å². The van der Waals surface area contributed by atoms with Crippen LogP contribution in [0.15, 0.2) is 24.3 Å². The minimum atomic E-state index is -4.89. The molecule has 0 unspecified atom stereocenters. The van der Waals surface area contributed by atoms with Crippen molar-refractivity contribution in [2.24, 2.45) is 0 Å². The van der Waals surface area contributed by atoms with Gasteiger partial charge in [-0.2, -0.15) is 0 Å². The quantitative estimate of drug-likeness (QED) is 0.708. The Morgan fingerprint density at radius 1 is 1.23 bits per heavy atom. The molecule has 0 aromatic heterocycles. The van der Waals surface area contributed by atoms with Gasteiger partial charge in [0.2, 0.25) is 0 Å². The highest BCUT2D eigenvalue weighted by atomic mass is 19.4. The molecule has 0 aliphatic rings. The first kappa shape index (κ1) is 10.1. The summed E-state index contributed by atoms with van der Waals surface area (Å²) in [6.07, 6.45) is 0. The lowest BCUT2D eigenvalue weighted by atomic mass is 9.77. The van der Waals surface area contributed by atoms with E-state index in [-0.39, 0.29) is 6.54 Å². The molecule has 0 fully saturated rings. The molecule has 0 saturated heterocycles. The van der Waals surface area contributed by atoms with Crippen LogP contribution in [0.1, 0.15) is 5.56 Å². The fourth-order valence-corrected chi connectivity index (χ4v) is 1.20. The van der Waals surface area contributed by atoms with Gasteiger partial charge in [-0.15, -0.1) is 5.46 Å². The Labute approximate surface area is 75.0 Å². The topological polar surface area (TPSA) is 12.0 Å². The van der Waals surface area contributed by atoms with Crippen molar-refractivity contribution in [2.45, 2.75) is 6.54 Å². The predicted molar refractivity (Wildman–Crippen MR) is 47.9 cm³/mol. The molecule has 0 heterocycles. The first-order chi connectivity index (χ1) is 6.05. The average molecular weight is 188 g/mol. The predicted octanol–water partition coefficient (Wildman–Crippen LogP) is 1.46. The monoisotopic (exact) mass is 188 g/mol. The zero-order valence-corrected chi connectivity index (χ0v) is 7.23. The molecule has 0 spiro atoms. The highest BCUT2D eigenvalue weighted by molar-refractivity contribution is 6.74. The van der Waals surface area contributed by atoms with Gasteiger partial charge in [0.15, 0.2) is 0 Å². The van der Waals surface area contributed by atoms with Gasteiger partial charge < -0.3 is 18.3 Å². The number of benzene rings is 1. The summed E-state index contributed by atoms with van der Waals surface area (Å²) in [5.74, 6) is 0. The van der Waals surface area contributed by atoms with E-state index in [4.69, 9.17) is 0 Å². The molecular weight excluding hydrogens is 178 g/mol. The van der Waals surface area contributed by atoms with Crippen LogP contribution in [-0.4, -0.2) is 14.0 Å². The van der Waals surface area contributed by atoms with Crippen LogP contribution >= 0.6 is 0 Å². The second-order valence-corrected chi connectivity index (χ2v) is 2.80. The maximum Gasteiger partial charge on any atom is 0.509 e. The van der Waals surface area contributed by atoms with E-state index in [1.807, 2.05) is 0 Å². The number of hydrogen-bond acceptors (Lipinski definition) is 1. The summed E-state index contributed by atoms with van der Waals surface area (Å²) >= 11 is 0. The first-order valence-electron chi connectivity index (χ1n) is 3.98. The molecule has 13 heavy (non-hydrogen) atoms. The highest BCUT2D eigenvalue weighted by Crippen LogP contribution is 2.11. The average Bonchev–Trinajstić information content (AvgIpc) is 2.04. The van der Waals surface area contributed by atoms with Gasteiger partial charge in [-0.3, -0.25) is 0 Å². The van der Waals surface area contributed by atoms with Gasteiger partial charge in [0.25, 0.3) is 0 Å². The smallest absolute Gasteiger partial charge is 0.445 e. The van der Waals surface area contributed by atoms with Crippen molar-refractivity contribution in [1.82, 2.24) is 5.32 Å². The largest absolute Gasteiger partial charge is 0.509 e. The SMILES string of the molecule is CNCc1ccccc1[B-](F)(F)F. The van der Waals surface area contributed by atoms with Crippen molar-refractivity contribution in [3.05, 3.63) is 29.8 Å². The van der Waals surface area contributed by atoms with Crippen molar-refractivity contribution < 1.29 is 12.9 Å². The zero-order valence-electron chi connectivity index (χ0n) is 7.23. The minimum absolute atomic E-state index is 0.247. The van der Waals surface area contributed by atoms with E-state index in [0.717, 1.165) is 6.07 Å². The van der Waals surface area contributed by atoms with Crippen molar-refractivity contribution in [3.63, 3.8) is 0 Å². The molecule has 1 aromatic rings. The van der Waals surface area contributed by atoms with Gasteiger partial charge in [0, 0.05) is 6.54 Å². The van der Waals surface area contributed by atoms with Crippen LogP contribution < -0.4 is 10.8 Å². The van der Waals surface area contributed by atoms with Crippen LogP contribution in [0.2, 0.25) is 0 Å². The molecule has 1 aromatic carbocycles. The molecule has 0 amide bonds. The Morgan fingerprint density at radius 2 is 1.85 bits per heavy atom. The third kappa shape index (κ3) is 2.49. The van der Waals surface area contributed by atoms with Crippen LogP contribution in [0.5, 0.6) is 0 Å². The third-order valence-electron chi connectivity index (χ3n) is 1.77. The van der Waals surface area contributed by atoms with E-state index in [0.29, 0.717) is 5.56 Å². The van der Waals surface area contributed by atoms with Crippen LogP contribution in [0, 0.1) is 0 Å². The lowest BCUT2D eigenvalue weighted by Crippen LogP contribution is -2.37. The summed E-state index contributed by atoms with van der Waals surface area (Å²) < 4.78 is 37.2. The molecule has 1 rings (SSSR count). The summed E-state index contributed by atoms with van der Waals surface area (Å²) in [4.78, 5) is 0. The van der Waals surface area contributed by atoms with E-state index < -0.39 is 12.4 Å². The fraction of sp³-hybridized carbons (Fsp3) is 0.250. The second-order valence-electron chi connectivity index (χ2n) is 2.80. The Morgan fingerprint density at radius 3 is 2.38 bits per heavy atom. The summed E-state index contributed by atoms with van der Waals surface area (Å²) in [5.41, 5.74) is -0.200. The Balaban J connectivity index is 3.05. The fourth-order valence-electron chi connectivity index (χ4n) is 1.20. The third-order valence-corrected chi connectivity index (χ3v) is 1.77. The van der Waals surface area contributed by atoms with Gasteiger partial charge in [0.05, 0.1) is 0 Å². The molecule has 1 nitrogen and oxygen atoms in total. The van der Waals surface area contributed by atoms with E-state index in [2.05, 4.69) is 5.32 Å². The molecule has 0 atom stereocenters. The van der Waals surface area contributed by atoms with Gasteiger partial charge in [-0.05, 0) is 7.05 Å². The van der Waals surface area contributed by atoms with Crippen molar-refractivity contribution in [1.29, 1.82) is 0 Å².